The van der Waals surface area contributed by atoms with Gasteiger partial charge in [-0.25, -0.2) is 9.97 Å². The van der Waals surface area contributed by atoms with Crippen LogP contribution in [-0.4, -0.2) is 38.9 Å². The quantitative estimate of drug-likeness (QED) is 0.603. The topological polar surface area (TPSA) is 69.0 Å². The summed E-state index contributed by atoms with van der Waals surface area (Å²) in [6.07, 6.45) is 7.89. The normalized spacial score (nSPS) is 16.1. The molecule has 6 nitrogen and oxygen atoms in total. The van der Waals surface area contributed by atoms with Crippen molar-refractivity contribution in [2.45, 2.75) is 37.3 Å². The van der Waals surface area contributed by atoms with Gasteiger partial charge < -0.3 is 10.1 Å². The molecule has 1 aromatic carbocycles. The number of aryl methyl sites for hydroxylation is 1. The molecule has 0 saturated carbocycles. The van der Waals surface area contributed by atoms with Gasteiger partial charge in [-0.1, -0.05) is 12.1 Å². The summed E-state index contributed by atoms with van der Waals surface area (Å²) in [6.45, 7) is 3.22. The molecule has 4 rings (SSSR count). The van der Waals surface area contributed by atoms with Crippen LogP contribution < -0.4 is 5.32 Å². The average molecular weight is 409 g/mol. The third kappa shape index (κ3) is 4.86. The molecule has 1 aliphatic heterocycles. The lowest BCUT2D eigenvalue weighted by atomic mass is 10.2. The van der Waals surface area contributed by atoms with Gasteiger partial charge in [0.05, 0.1) is 11.7 Å². The fourth-order valence-corrected chi connectivity index (χ4v) is 4.46. The first kappa shape index (κ1) is 19.7. The van der Waals surface area contributed by atoms with Gasteiger partial charge in [-0.05, 0) is 49.6 Å². The molecule has 150 valence electrons. The van der Waals surface area contributed by atoms with E-state index < -0.39 is 0 Å². The van der Waals surface area contributed by atoms with Crippen LogP contribution in [-0.2, 0) is 11.3 Å². The van der Waals surface area contributed by atoms with E-state index in [9.17, 15) is 4.79 Å². The summed E-state index contributed by atoms with van der Waals surface area (Å²) in [6, 6.07) is 11.6. The Morgan fingerprint density at radius 3 is 2.97 bits per heavy atom. The second-order valence-electron chi connectivity index (χ2n) is 6.99. The van der Waals surface area contributed by atoms with E-state index in [4.69, 9.17) is 4.74 Å². The number of carbonyl (C=O) groups excluding carboxylic acids is 1. The van der Waals surface area contributed by atoms with Crippen molar-refractivity contribution in [2.75, 3.05) is 12.4 Å². The van der Waals surface area contributed by atoms with Gasteiger partial charge in [0.2, 0.25) is 0 Å². The Labute approximate surface area is 174 Å². The van der Waals surface area contributed by atoms with E-state index in [0.717, 1.165) is 47.3 Å². The van der Waals surface area contributed by atoms with Gasteiger partial charge in [-0.3, -0.25) is 9.36 Å². The van der Waals surface area contributed by atoms with E-state index >= 15 is 0 Å². The highest BCUT2D eigenvalue weighted by molar-refractivity contribution is 7.99. The minimum absolute atomic E-state index is 0.0717. The van der Waals surface area contributed by atoms with Crippen molar-refractivity contribution >= 4 is 17.7 Å². The maximum atomic E-state index is 12.8. The van der Waals surface area contributed by atoms with Crippen molar-refractivity contribution < 1.29 is 9.53 Å². The molecular weight excluding hydrogens is 384 g/mol. The minimum Gasteiger partial charge on any atom is -0.377 e. The lowest BCUT2D eigenvalue weighted by Crippen LogP contribution is -2.23. The SMILES string of the molecule is Cc1nccn1-c1cc(CNC(=O)c2ccccc2SCC2CCCO2)ccn1. The Kier molecular flexibility index (Phi) is 6.27. The summed E-state index contributed by atoms with van der Waals surface area (Å²) < 4.78 is 7.62. The fourth-order valence-electron chi connectivity index (χ4n) is 3.34. The van der Waals surface area contributed by atoms with Crippen LogP contribution in [0, 0.1) is 6.92 Å². The number of nitrogens with one attached hydrogen (secondary N) is 1. The highest BCUT2D eigenvalue weighted by Gasteiger charge is 2.18. The van der Waals surface area contributed by atoms with E-state index in [1.165, 1.54) is 0 Å². The van der Waals surface area contributed by atoms with E-state index in [-0.39, 0.29) is 12.0 Å². The smallest absolute Gasteiger partial charge is 0.252 e. The number of carbonyl (C=O) groups is 1. The Hall–Kier alpha value is -2.64. The standard InChI is InChI=1S/C22H24N4O2S/c1-16-23-10-11-26(16)21-13-17(8-9-24-21)14-25-22(27)19-6-2-3-7-20(19)29-15-18-5-4-12-28-18/h2-3,6-11,13,18H,4-5,12,14-15H2,1H3,(H,25,27). The summed E-state index contributed by atoms with van der Waals surface area (Å²) in [5, 5.41) is 3.03. The predicted octanol–water partition coefficient (Wildman–Crippen LogP) is 3.78. The van der Waals surface area contributed by atoms with Crippen LogP contribution in [0.25, 0.3) is 5.82 Å². The van der Waals surface area contributed by atoms with Gasteiger partial charge in [-0.2, -0.15) is 0 Å². The third-order valence-electron chi connectivity index (χ3n) is 4.92. The van der Waals surface area contributed by atoms with E-state index in [2.05, 4.69) is 15.3 Å². The molecule has 1 amide bonds. The highest BCUT2D eigenvalue weighted by Crippen LogP contribution is 2.26. The molecule has 1 aliphatic rings. The first-order valence-corrected chi connectivity index (χ1v) is 10.8. The number of amides is 1. The lowest BCUT2D eigenvalue weighted by molar-refractivity contribution is 0.0947. The fraction of sp³-hybridized carbons (Fsp3) is 0.318. The summed E-state index contributed by atoms with van der Waals surface area (Å²) >= 11 is 1.69. The Morgan fingerprint density at radius 1 is 1.28 bits per heavy atom. The molecular formula is C22H24N4O2S. The van der Waals surface area contributed by atoms with Gasteiger partial charge in [0.15, 0.2) is 0 Å². The zero-order chi connectivity index (χ0) is 20.1. The number of imidazole rings is 1. The molecule has 2 aromatic heterocycles. The highest BCUT2D eigenvalue weighted by atomic mass is 32.2. The molecule has 1 fully saturated rings. The second kappa shape index (κ2) is 9.24. The molecule has 3 aromatic rings. The van der Waals surface area contributed by atoms with E-state index in [1.54, 1.807) is 24.2 Å². The van der Waals surface area contributed by atoms with E-state index in [0.29, 0.717) is 12.1 Å². The number of ether oxygens (including phenoxy) is 1. The average Bonchev–Trinajstić information content (AvgIpc) is 3.42. The molecule has 1 N–H and O–H groups in total. The monoisotopic (exact) mass is 408 g/mol. The van der Waals surface area contributed by atoms with Gasteiger partial charge >= 0.3 is 0 Å². The Bertz CT molecular complexity index is 982. The summed E-state index contributed by atoms with van der Waals surface area (Å²) in [5.74, 6) is 2.47. The molecule has 29 heavy (non-hydrogen) atoms. The van der Waals surface area contributed by atoms with Crippen molar-refractivity contribution in [3.8, 4) is 5.82 Å². The molecule has 1 unspecified atom stereocenters. The number of nitrogens with zero attached hydrogens (tertiary/aromatic N) is 3. The summed E-state index contributed by atoms with van der Waals surface area (Å²) in [4.78, 5) is 22.4. The van der Waals surface area contributed by atoms with Crippen molar-refractivity contribution in [3.05, 3.63) is 71.9 Å². The van der Waals surface area contributed by atoms with E-state index in [1.807, 2.05) is 54.1 Å². The second-order valence-corrected chi connectivity index (χ2v) is 8.05. The third-order valence-corrected chi connectivity index (χ3v) is 6.12. The molecule has 1 atom stereocenters. The van der Waals surface area contributed by atoms with Crippen LogP contribution in [0.3, 0.4) is 0 Å². The number of rotatable bonds is 7. The number of pyridine rings is 1. The summed E-state index contributed by atoms with van der Waals surface area (Å²) in [5.41, 5.74) is 1.69. The number of hydrogen-bond donors (Lipinski definition) is 1. The molecule has 7 heteroatoms. The van der Waals surface area contributed by atoms with Crippen LogP contribution in [0.4, 0.5) is 0 Å². The minimum atomic E-state index is -0.0717. The van der Waals surface area contributed by atoms with Crippen molar-refractivity contribution in [3.63, 3.8) is 0 Å². The van der Waals surface area contributed by atoms with Gasteiger partial charge in [0.25, 0.3) is 5.91 Å². The number of thioether (sulfide) groups is 1. The number of hydrogen-bond acceptors (Lipinski definition) is 5. The maximum Gasteiger partial charge on any atom is 0.252 e. The molecule has 0 radical (unpaired) electrons. The first-order valence-electron chi connectivity index (χ1n) is 9.77. The molecule has 0 bridgehead atoms. The molecule has 0 aliphatic carbocycles. The maximum absolute atomic E-state index is 12.8. The van der Waals surface area contributed by atoms with Crippen LogP contribution >= 0.6 is 11.8 Å². The molecule has 1 saturated heterocycles. The Morgan fingerprint density at radius 2 is 2.17 bits per heavy atom. The van der Waals surface area contributed by atoms with Crippen LogP contribution in [0.15, 0.2) is 59.9 Å². The zero-order valence-electron chi connectivity index (χ0n) is 16.4. The number of aromatic nitrogens is 3. The van der Waals surface area contributed by atoms with Gasteiger partial charge in [0, 0.05) is 42.4 Å². The Balaban J connectivity index is 1.40. The first-order chi connectivity index (χ1) is 14.2. The predicted molar refractivity (Wildman–Crippen MR) is 113 cm³/mol. The zero-order valence-corrected chi connectivity index (χ0v) is 17.2. The van der Waals surface area contributed by atoms with Gasteiger partial charge in [0.1, 0.15) is 11.6 Å². The summed E-state index contributed by atoms with van der Waals surface area (Å²) in [7, 11) is 0. The van der Waals surface area contributed by atoms with Crippen LogP contribution in [0.1, 0.15) is 34.6 Å². The van der Waals surface area contributed by atoms with Crippen LogP contribution in [0.5, 0.6) is 0 Å². The lowest BCUT2D eigenvalue weighted by Gasteiger charge is -2.13. The molecule has 3 heterocycles. The van der Waals surface area contributed by atoms with Crippen LogP contribution in [0.2, 0.25) is 0 Å². The number of benzene rings is 1. The molecule has 0 spiro atoms. The van der Waals surface area contributed by atoms with Gasteiger partial charge in [-0.15, -0.1) is 11.8 Å². The van der Waals surface area contributed by atoms with Crippen molar-refractivity contribution in [1.29, 1.82) is 0 Å². The van der Waals surface area contributed by atoms with Crippen molar-refractivity contribution in [1.82, 2.24) is 19.9 Å². The largest absolute Gasteiger partial charge is 0.377 e. The van der Waals surface area contributed by atoms with Crippen molar-refractivity contribution in [2.24, 2.45) is 0 Å².